The molecule has 0 bridgehead atoms. The van der Waals surface area contributed by atoms with Crippen LogP contribution in [-0.2, 0) is 4.74 Å². The molecular weight excluding hydrogens is 254 g/mol. The van der Waals surface area contributed by atoms with Crippen LogP contribution in [0.3, 0.4) is 0 Å². The van der Waals surface area contributed by atoms with E-state index >= 15 is 0 Å². The largest absolute Gasteiger partial charge is 0.415 e. The summed E-state index contributed by atoms with van der Waals surface area (Å²) in [6.45, 7) is 7.94. The molecule has 0 unspecified atom stereocenters. The number of hydrogen-bond acceptors (Lipinski definition) is 2. The second-order valence-electron chi connectivity index (χ2n) is 7.49. The van der Waals surface area contributed by atoms with E-state index in [1.807, 2.05) is 4.90 Å². The first kappa shape index (κ1) is 13.2. The van der Waals surface area contributed by atoms with Gasteiger partial charge in [-0.1, -0.05) is 26.1 Å². The van der Waals surface area contributed by atoms with Crippen LogP contribution in [0, 0.1) is 5.92 Å². The summed E-state index contributed by atoms with van der Waals surface area (Å²) < 4.78 is 5.72. The lowest BCUT2D eigenvalue weighted by Gasteiger charge is -2.37. The molecule has 0 radical (unpaired) electrons. The lowest BCUT2D eigenvalue weighted by molar-refractivity contribution is 0.0949. The number of allylic oxidation sites excluding steroid dienone is 1. The molecule has 2 fully saturated rings. The first-order valence-corrected chi connectivity index (χ1v) is 11.4. The Labute approximate surface area is 117 Å². The van der Waals surface area contributed by atoms with Gasteiger partial charge in [-0.3, -0.25) is 0 Å². The fraction of sp³-hybridized carbons (Fsp3) is 0.800. The Hall–Kier alpha value is -0.773. The van der Waals surface area contributed by atoms with Crippen molar-refractivity contribution in [1.29, 1.82) is 0 Å². The van der Waals surface area contributed by atoms with Crippen LogP contribution >= 0.6 is 0 Å². The molecule has 1 aliphatic carbocycles. The van der Waals surface area contributed by atoms with Crippen LogP contribution in [0.4, 0.5) is 4.79 Å². The highest BCUT2D eigenvalue weighted by molar-refractivity contribution is 6.76. The molecule has 0 N–H and O–H groups in total. The van der Waals surface area contributed by atoms with Crippen molar-refractivity contribution in [1.82, 2.24) is 4.90 Å². The zero-order valence-corrected chi connectivity index (χ0v) is 13.4. The zero-order valence-electron chi connectivity index (χ0n) is 12.4. The Morgan fingerprint density at radius 2 is 2.05 bits per heavy atom. The Morgan fingerprint density at radius 3 is 2.79 bits per heavy atom. The maximum absolute atomic E-state index is 12.3. The van der Waals surface area contributed by atoms with Crippen LogP contribution < -0.4 is 0 Å². The van der Waals surface area contributed by atoms with Gasteiger partial charge >= 0.3 is 6.09 Å². The van der Waals surface area contributed by atoms with Crippen LogP contribution in [0.5, 0.6) is 0 Å². The van der Waals surface area contributed by atoms with Gasteiger partial charge in [-0.2, -0.15) is 0 Å². The highest BCUT2D eigenvalue weighted by Crippen LogP contribution is 2.45. The maximum atomic E-state index is 12.3. The fourth-order valence-electron chi connectivity index (χ4n) is 3.87. The Balaban J connectivity index is 1.95. The van der Waals surface area contributed by atoms with E-state index in [0.717, 1.165) is 31.2 Å². The normalized spacial score (nSPS) is 31.1. The average molecular weight is 279 g/mol. The summed E-state index contributed by atoms with van der Waals surface area (Å²) in [5.41, 5.74) is 1.47. The van der Waals surface area contributed by atoms with E-state index in [1.165, 1.54) is 24.8 Å². The van der Waals surface area contributed by atoms with Crippen LogP contribution in [0.15, 0.2) is 11.3 Å². The molecule has 0 aromatic rings. The molecule has 3 rings (SSSR count). The molecule has 3 nitrogen and oxygen atoms in total. The fourth-order valence-corrected chi connectivity index (χ4v) is 5.14. The van der Waals surface area contributed by atoms with Gasteiger partial charge in [0.15, 0.2) is 0 Å². The van der Waals surface area contributed by atoms with Crippen molar-refractivity contribution in [2.24, 2.45) is 5.92 Å². The van der Waals surface area contributed by atoms with Gasteiger partial charge in [-0.05, 0) is 37.2 Å². The Morgan fingerprint density at radius 1 is 1.26 bits per heavy atom. The Bertz CT molecular complexity index is 424. The standard InChI is InChI=1S/C15H25NO2Si/c1-19(2,3)10-13-12-8-7-11-6-4-5-9-16(14(11)12)15(17)18-13/h11,14H,4-10H2,1-3H3/t11-,14+/m0/s1. The van der Waals surface area contributed by atoms with Crippen molar-refractivity contribution in [3.63, 3.8) is 0 Å². The van der Waals surface area contributed by atoms with Gasteiger partial charge in [0.2, 0.25) is 0 Å². The molecule has 3 aliphatic rings. The zero-order chi connectivity index (χ0) is 13.6. The quantitative estimate of drug-likeness (QED) is 0.715. The van der Waals surface area contributed by atoms with Crippen molar-refractivity contribution >= 4 is 14.2 Å². The summed E-state index contributed by atoms with van der Waals surface area (Å²) in [5, 5.41) is 0. The molecular formula is C15H25NO2Si. The summed E-state index contributed by atoms with van der Waals surface area (Å²) in [4.78, 5) is 14.3. The molecule has 0 aromatic carbocycles. The highest BCUT2D eigenvalue weighted by atomic mass is 28.3. The van der Waals surface area contributed by atoms with Crippen LogP contribution in [0.1, 0.15) is 32.1 Å². The van der Waals surface area contributed by atoms with E-state index < -0.39 is 8.07 Å². The van der Waals surface area contributed by atoms with Gasteiger partial charge in [0.25, 0.3) is 0 Å². The minimum absolute atomic E-state index is 0.0733. The number of ether oxygens (including phenoxy) is 1. The lowest BCUT2D eigenvalue weighted by atomic mass is 9.96. The van der Waals surface area contributed by atoms with Crippen molar-refractivity contribution in [2.45, 2.75) is 63.8 Å². The summed E-state index contributed by atoms with van der Waals surface area (Å²) in [5.74, 6) is 1.75. The van der Waals surface area contributed by atoms with Gasteiger partial charge in [0, 0.05) is 12.6 Å². The van der Waals surface area contributed by atoms with Gasteiger partial charge in [-0.25, -0.2) is 4.79 Å². The lowest BCUT2D eigenvalue weighted by Crippen LogP contribution is -2.46. The van der Waals surface area contributed by atoms with Crippen LogP contribution in [0.25, 0.3) is 0 Å². The molecule has 1 saturated heterocycles. The number of nitrogens with zero attached hydrogens (tertiary/aromatic N) is 1. The molecule has 2 atom stereocenters. The highest BCUT2D eigenvalue weighted by Gasteiger charge is 2.45. The average Bonchev–Trinajstić information content (AvgIpc) is 2.58. The predicted molar refractivity (Wildman–Crippen MR) is 78.7 cm³/mol. The number of amides is 1. The number of hydrogen-bond donors (Lipinski definition) is 0. The van der Waals surface area contributed by atoms with Crippen LogP contribution in [0.2, 0.25) is 25.7 Å². The molecule has 1 saturated carbocycles. The molecule has 0 aromatic heterocycles. The van der Waals surface area contributed by atoms with Crippen LogP contribution in [-0.4, -0.2) is 31.7 Å². The predicted octanol–water partition coefficient (Wildman–Crippen LogP) is 3.99. The summed E-state index contributed by atoms with van der Waals surface area (Å²) in [6.07, 6.45) is 6.02. The SMILES string of the molecule is C[Si](C)(C)CC1=C2CC[C@@H]3CCCCN(C(=O)O1)[C@@H]23. The number of carbonyl (C=O) groups is 1. The van der Waals surface area contributed by atoms with E-state index in [-0.39, 0.29) is 6.09 Å². The van der Waals surface area contributed by atoms with E-state index in [2.05, 4.69) is 19.6 Å². The van der Waals surface area contributed by atoms with Crippen molar-refractivity contribution < 1.29 is 9.53 Å². The van der Waals surface area contributed by atoms with Gasteiger partial charge in [0.05, 0.1) is 14.1 Å². The smallest absolute Gasteiger partial charge is 0.415 e. The summed E-state index contributed by atoms with van der Waals surface area (Å²) in [6, 6.07) is 1.40. The molecule has 2 heterocycles. The first-order chi connectivity index (χ1) is 8.96. The van der Waals surface area contributed by atoms with Gasteiger partial charge in [0.1, 0.15) is 5.76 Å². The third kappa shape index (κ3) is 2.47. The topological polar surface area (TPSA) is 29.5 Å². The number of cyclic esters (lactones) is 1. The molecule has 106 valence electrons. The molecule has 1 amide bonds. The van der Waals surface area contributed by atoms with Crippen molar-refractivity contribution in [2.75, 3.05) is 6.54 Å². The van der Waals surface area contributed by atoms with Crippen molar-refractivity contribution in [3.8, 4) is 0 Å². The molecule has 4 heteroatoms. The summed E-state index contributed by atoms with van der Waals surface area (Å²) >= 11 is 0. The maximum Gasteiger partial charge on any atom is 0.415 e. The second kappa shape index (κ2) is 4.65. The Kier molecular flexibility index (Phi) is 3.24. The van der Waals surface area contributed by atoms with E-state index in [1.54, 1.807) is 0 Å². The summed E-state index contributed by atoms with van der Waals surface area (Å²) in [7, 11) is -1.24. The number of carbonyl (C=O) groups excluding carboxylic acids is 1. The minimum atomic E-state index is -1.24. The molecule has 0 spiro atoms. The van der Waals surface area contributed by atoms with E-state index in [0.29, 0.717) is 12.0 Å². The minimum Gasteiger partial charge on any atom is -0.415 e. The van der Waals surface area contributed by atoms with Gasteiger partial charge < -0.3 is 9.64 Å². The molecule has 2 aliphatic heterocycles. The van der Waals surface area contributed by atoms with E-state index in [4.69, 9.17) is 4.74 Å². The molecule has 19 heavy (non-hydrogen) atoms. The third-order valence-corrected chi connectivity index (χ3v) is 6.02. The third-order valence-electron chi connectivity index (χ3n) is 4.64. The first-order valence-electron chi connectivity index (χ1n) is 7.66. The van der Waals surface area contributed by atoms with Crippen molar-refractivity contribution in [3.05, 3.63) is 11.3 Å². The monoisotopic (exact) mass is 279 g/mol. The number of rotatable bonds is 2. The van der Waals surface area contributed by atoms with E-state index in [9.17, 15) is 4.79 Å². The second-order valence-corrected chi connectivity index (χ2v) is 13.0. The van der Waals surface area contributed by atoms with Gasteiger partial charge in [-0.15, -0.1) is 0 Å².